The van der Waals surface area contributed by atoms with Crippen molar-refractivity contribution in [2.75, 3.05) is 5.75 Å². The number of hydrogen-bond donors (Lipinski definition) is 0. The molecule has 1 aliphatic rings. The molecule has 0 atom stereocenters. The van der Waals surface area contributed by atoms with Crippen LogP contribution in [0.3, 0.4) is 0 Å². The Labute approximate surface area is 67.5 Å². The Balaban J connectivity index is 0.000000360. The summed E-state index contributed by atoms with van der Waals surface area (Å²) in [5, 5.41) is 0. The van der Waals surface area contributed by atoms with Crippen LogP contribution < -0.4 is 0 Å². The molecule has 0 saturated carbocycles. The zero-order valence-corrected chi connectivity index (χ0v) is 6.46. The number of thiocarbonyl (C=S) groups is 1. The second-order valence-corrected chi connectivity index (χ2v) is 2.54. The van der Waals surface area contributed by atoms with Crippen LogP contribution in [-0.2, 0) is 22.4 Å². The van der Waals surface area contributed by atoms with E-state index in [1.54, 1.807) is 11.8 Å². The number of aliphatic imine (C=N–C) groups is 1. The van der Waals surface area contributed by atoms with Gasteiger partial charge in [0.15, 0.2) is 4.32 Å². The van der Waals surface area contributed by atoms with E-state index in [2.05, 4.69) is 17.2 Å². The fourth-order valence-electron chi connectivity index (χ4n) is 0.258. The maximum absolute atomic E-state index is 4.68. The summed E-state index contributed by atoms with van der Waals surface area (Å²) in [5.74, 6) is 0.971. The van der Waals surface area contributed by atoms with Crippen LogP contribution in [-0.4, -0.2) is 16.3 Å². The molecule has 0 bridgehead atoms. The first-order chi connectivity index (χ1) is 2.89. The summed E-state index contributed by atoms with van der Waals surface area (Å²) in [6.45, 7) is 0. The fourth-order valence-corrected chi connectivity index (χ4v) is 0.977. The molecule has 43 valence electrons. The van der Waals surface area contributed by atoms with Gasteiger partial charge in [-0.05, 0) is 0 Å². The summed E-state index contributed by atoms with van der Waals surface area (Å²) >= 11 is 6.29. The van der Waals surface area contributed by atoms with Crippen molar-refractivity contribution in [3.63, 3.8) is 0 Å². The van der Waals surface area contributed by atoms with Gasteiger partial charge >= 0.3 is 0 Å². The maximum Gasteiger partial charge on any atom is 0.159 e. The Kier molecular flexibility index (Phi) is 4.27. The Morgan fingerprint density at radius 2 is 2.57 bits per heavy atom. The van der Waals surface area contributed by atoms with Crippen LogP contribution in [0.5, 0.6) is 0 Å². The molecule has 0 N–H and O–H groups in total. The molecule has 0 unspecified atom stereocenters. The fraction of sp³-hybridized carbons (Fsp3) is 0.333. The van der Waals surface area contributed by atoms with Gasteiger partial charge < -0.3 is 0 Å². The van der Waals surface area contributed by atoms with E-state index < -0.39 is 0 Å². The standard InChI is InChI=1S/C3H3NS2.Ag/c5-3-4-1-2-6-3;/h1H,2H2;. The Bertz CT molecular complexity index is 101. The largest absolute Gasteiger partial charge is 0.242 e. The van der Waals surface area contributed by atoms with Crippen LogP contribution in [0, 0.1) is 0 Å². The average Bonchev–Trinajstić information content (AvgIpc) is 1.86. The van der Waals surface area contributed by atoms with E-state index in [0.29, 0.717) is 0 Å². The average molecular weight is 225 g/mol. The Morgan fingerprint density at radius 3 is 2.71 bits per heavy atom. The Morgan fingerprint density at radius 1 is 1.86 bits per heavy atom. The van der Waals surface area contributed by atoms with Gasteiger partial charge in [-0.3, -0.25) is 0 Å². The van der Waals surface area contributed by atoms with Crippen LogP contribution in [0.4, 0.5) is 0 Å². The molecular formula is C3H3AgNS2. The molecule has 7 heavy (non-hydrogen) atoms. The molecule has 0 aliphatic carbocycles. The van der Waals surface area contributed by atoms with E-state index in [-0.39, 0.29) is 22.4 Å². The minimum atomic E-state index is 0. The van der Waals surface area contributed by atoms with Crippen LogP contribution in [0.1, 0.15) is 0 Å². The van der Waals surface area contributed by atoms with E-state index in [9.17, 15) is 0 Å². The van der Waals surface area contributed by atoms with E-state index >= 15 is 0 Å². The van der Waals surface area contributed by atoms with Gasteiger partial charge in [0.05, 0.1) is 0 Å². The van der Waals surface area contributed by atoms with Crippen LogP contribution in [0.25, 0.3) is 0 Å². The zero-order chi connectivity index (χ0) is 4.41. The minimum Gasteiger partial charge on any atom is -0.242 e. The number of thioether (sulfide) groups is 1. The normalized spacial score (nSPS) is 16.9. The SMILES string of the molecule is S=C1N=CCS1.[Ag]. The first-order valence-electron chi connectivity index (χ1n) is 1.59. The molecule has 0 aromatic heterocycles. The Hall–Kier alpha value is 0.850. The van der Waals surface area contributed by atoms with Gasteiger partial charge in [0.25, 0.3) is 0 Å². The smallest absolute Gasteiger partial charge is 0.159 e. The summed E-state index contributed by atoms with van der Waals surface area (Å²) < 4.78 is 0.773. The third kappa shape index (κ3) is 2.61. The van der Waals surface area contributed by atoms with Gasteiger partial charge in [-0.15, -0.1) is 0 Å². The van der Waals surface area contributed by atoms with Gasteiger partial charge in [-0.25, -0.2) is 4.99 Å². The van der Waals surface area contributed by atoms with Crippen LogP contribution in [0.2, 0.25) is 0 Å². The van der Waals surface area contributed by atoms with E-state index in [1.165, 1.54) is 0 Å². The summed E-state index contributed by atoms with van der Waals surface area (Å²) in [6.07, 6.45) is 1.83. The molecule has 1 nitrogen and oxygen atoms in total. The zero-order valence-electron chi connectivity index (χ0n) is 3.35. The molecule has 0 fully saturated rings. The van der Waals surface area contributed by atoms with Gasteiger partial charge in [-0.1, -0.05) is 24.0 Å². The molecule has 0 amide bonds. The molecule has 1 heterocycles. The van der Waals surface area contributed by atoms with Crippen molar-refractivity contribution in [1.82, 2.24) is 0 Å². The maximum atomic E-state index is 4.68. The van der Waals surface area contributed by atoms with Crippen molar-refractivity contribution >= 4 is 34.5 Å². The number of rotatable bonds is 0. The number of hydrogen-bond acceptors (Lipinski definition) is 2. The third-order valence-corrected chi connectivity index (χ3v) is 1.61. The first-order valence-corrected chi connectivity index (χ1v) is 2.98. The molecule has 0 aromatic rings. The predicted octanol–water partition coefficient (Wildman–Crippen LogP) is 1.09. The topological polar surface area (TPSA) is 12.4 Å². The first kappa shape index (κ1) is 7.85. The van der Waals surface area contributed by atoms with Crippen molar-refractivity contribution in [3.05, 3.63) is 0 Å². The molecule has 1 radical (unpaired) electrons. The summed E-state index contributed by atoms with van der Waals surface area (Å²) in [7, 11) is 0. The quantitative estimate of drug-likeness (QED) is 0.452. The molecule has 4 heteroatoms. The molecule has 1 aliphatic heterocycles. The van der Waals surface area contributed by atoms with Crippen molar-refractivity contribution in [2.45, 2.75) is 0 Å². The van der Waals surface area contributed by atoms with Crippen LogP contribution >= 0.6 is 24.0 Å². The number of nitrogens with zero attached hydrogens (tertiary/aromatic N) is 1. The molecule has 1 rings (SSSR count). The second kappa shape index (κ2) is 3.80. The van der Waals surface area contributed by atoms with E-state index in [0.717, 1.165) is 10.1 Å². The molecule has 0 spiro atoms. The summed E-state index contributed by atoms with van der Waals surface area (Å²) in [5.41, 5.74) is 0. The van der Waals surface area contributed by atoms with Crippen molar-refractivity contribution in [3.8, 4) is 0 Å². The monoisotopic (exact) mass is 224 g/mol. The van der Waals surface area contributed by atoms with Crippen molar-refractivity contribution in [2.24, 2.45) is 4.99 Å². The van der Waals surface area contributed by atoms with Gasteiger partial charge in [0.1, 0.15) is 0 Å². The van der Waals surface area contributed by atoms with Gasteiger partial charge in [0, 0.05) is 34.3 Å². The third-order valence-electron chi connectivity index (χ3n) is 0.478. The van der Waals surface area contributed by atoms with Gasteiger partial charge in [0.2, 0.25) is 0 Å². The van der Waals surface area contributed by atoms with Gasteiger partial charge in [-0.2, -0.15) is 0 Å². The molecule has 0 aromatic carbocycles. The van der Waals surface area contributed by atoms with Crippen molar-refractivity contribution < 1.29 is 22.4 Å². The predicted molar refractivity (Wildman–Crippen MR) is 33.5 cm³/mol. The minimum absolute atomic E-state index is 0. The molecule has 0 saturated heterocycles. The second-order valence-electron chi connectivity index (χ2n) is 0.889. The summed E-state index contributed by atoms with van der Waals surface area (Å²) in [6, 6.07) is 0. The molecular weight excluding hydrogens is 222 g/mol. The van der Waals surface area contributed by atoms with E-state index in [1.807, 2.05) is 6.21 Å². The van der Waals surface area contributed by atoms with Crippen molar-refractivity contribution in [1.29, 1.82) is 0 Å². The summed E-state index contributed by atoms with van der Waals surface area (Å²) in [4.78, 5) is 3.81. The van der Waals surface area contributed by atoms with E-state index in [4.69, 9.17) is 0 Å². The van der Waals surface area contributed by atoms with Crippen LogP contribution in [0.15, 0.2) is 4.99 Å².